The van der Waals surface area contributed by atoms with E-state index in [-0.39, 0.29) is 23.9 Å². The number of carbonyl (C=O) groups is 1. The van der Waals surface area contributed by atoms with Crippen molar-refractivity contribution in [2.45, 2.75) is 25.1 Å². The molecule has 106 valence electrons. The highest BCUT2D eigenvalue weighted by atomic mass is 35.5. The molecule has 19 heavy (non-hydrogen) atoms. The number of nitrogens with one attached hydrogen (secondary N) is 2. The van der Waals surface area contributed by atoms with E-state index in [2.05, 4.69) is 10.6 Å². The molecule has 0 aliphatic carbocycles. The number of aliphatic hydroxyl groups is 1. The zero-order valence-electron chi connectivity index (χ0n) is 11.2. The summed E-state index contributed by atoms with van der Waals surface area (Å²) >= 11 is 7.38. The van der Waals surface area contributed by atoms with E-state index in [9.17, 15) is 4.79 Å². The second-order valence-corrected chi connectivity index (χ2v) is 5.82. The molecule has 1 aromatic carbocycles. The van der Waals surface area contributed by atoms with Gasteiger partial charge in [-0.25, -0.2) is 4.79 Å². The first-order valence-corrected chi connectivity index (χ1v) is 7.61. The van der Waals surface area contributed by atoms with Crippen molar-refractivity contribution in [3.63, 3.8) is 0 Å². The molecule has 0 aliphatic heterocycles. The summed E-state index contributed by atoms with van der Waals surface area (Å²) in [6.45, 7) is 3.78. The maximum absolute atomic E-state index is 11.9. The molecule has 0 aliphatic rings. The van der Waals surface area contributed by atoms with Crippen molar-refractivity contribution in [2.75, 3.05) is 18.2 Å². The number of thioether (sulfide) groups is 1. The van der Waals surface area contributed by atoms with Crippen molar-refractivity contribution in [1.82, 2.24) is 5.32 Å². The van der Waals surface area contributed by atoms with E-state index in [0.717, 1.165) is 11.3 Å². The monoisotopic (exact) mass is 302 g/mol. The van der Waals surface area contributed by atoms with E-state index in [0.29, 0.717) is 5.02 Å². The molecule has 0 saturated heterocycles. The van der Waals surface area contributed by atoms with Crippen LogP contribution in [0.25, 0.3) is 0 Å². The van der Waals surface area contributed by atoms with Gasteiger partial charge in [-0.3, -0.25) is 0 Å². The molecule has 2 unspecified atom stereocenters. The number of hydrogen-bond acceptors (Lipinski definition) is 3. The second kappa shape index (κ2) is 7.62. The number of benzene rings is 1. The van der Waals surface area contributed by atoms with E-state index in [1.54, 1.807) is 18.2 Å². The minimum absolute atomic E-state index is 0.0166. The lowest BCUT2D eigenvalue weighted by molar-refractivity contribution is 0.243. The Bertz CT molecular complexity index is 439. The lowest BCUT2D eigenvalue weighted by atomic mass is 10.2. The van der Waals surface area contributed by atoms with Gasteiger partial charge in [-0.1, -0.05) is 11.6 Å². The highest BCUT2D eigenvalue weighted by molar-refractivity contribution is 7.99. The van der Waals surface area contributed by atoms with Crippen molar-refractivity contribution in [3.8, 4) is 0 Å². The highest BCUT2D eigenvalue weighted by Crippen LogP contribution is 2.19. The molecular weight excluding hydrogens is 284 g/mol. The summed E-state index contributed by atoms with van der Waals surface area (Å²) < 4.78 is 0. The molecule has 0 radical (unpaired) electrons. The Labute approximate surface area is 122 Å². The number of rotatable bonds is 5. The first-order valence-electron chi connectivity index (χ1n) is 5.95. The van der Waals surface area contributed by atoms with Crippen LogP contribution in [0.5, 0.6) is 0 Å². The number of amides is 2. The summed E-state index contributed by atoms with van der Waals surface area (Å²) in [5.74, 6) is 0. The number of urea groups is 1. The van der Waals surface area contributed by atoms with Crippen LogP contribution < -0.4 is 10.6 Å². The lowest BCUT2D eigenvalue weighted by Gasteiger charge is -2.21. The molecule has 2 atom stereocenters. The van der Waals surface area contributed by atoms with Gasteiger partial charge in [0.15, 0.2) is 0 Å². The maximum Gasteiger partial charge on any atom is 0.319 e. The molecule has 0 heterocycles. The second-order valence-electron chi connectivity index (χ2n) is 4.30. The van der Waals surface area contributed by atoms with Gasteiger partial charge in [0.05, 0.1) is 6.61 Å². The van der Waals surface area contributed by atoms with Gasteiger partial charge in [-0.2, -0.15) is 11.8 Å². The molecule has 6 heteroatoms. The van der Waals surface area contributed by atoms with Crippen LogP contribution in [-0.4, -0.2) is 35.3 Å². The van der Waals surface area contributed by atoms with E-state index < -0.39 is 0 Å². The largest absolute Gasteiger partial charge is 0.395 e. The van der Waals surface area contributed by atoms with Gasteiger partial charge in [0.2, 0.25) is 0 Å². The Morgan fingerprint density at radius 2 is 2.21 bits per heavy atom. The Morgan fingerprint density at radius 3 is 2.74 bits per heavy atom. The SMILES string of the molecule is CSC(CO)C(C)NC(=O)Nc1ccc(Cl)cc1C. The molecule has 1 aromatic rings. The third kappa shape index (κ3) is 4.93. The fraction of sp³-hybridized carbons (Fsp3) is 0.462. The first kappa shape index (κ1) is 16.1. The minimum Gasteiger partial charge on any atom is -0.395 e. The van der Waals surface area contributed by atoms with E-state index >= 15 is 0 Å². The molecule has 0 aromatic heterocycles. The van der Waals surface area contributed by atoms with E-state index in [1.807, 2.05) is 20.1 Å². The third-order valence-electron chi connectivity index (χ3n) is 2.84. The van der Waals surface area contributed by atoms with Crippen LogP contribution in [0.4, 0.5) is 10.5 Å². The van der Waals surface area contributed by atoms with Crippen LogP contribution in [0.15, 0.2) is 18.2 Å². The predicted molar refractivity (Wildman–Crippen MR) is 82.2 cm³/mol. The molecule has 0 fully saturated rings. The summed E-state index contributed by atoms with van der Waals surface area (Å²) in [7, 11) is 0. The Kier molecular flexibility index (Phi) is 6.48. The molecular formula is C13H19ClN2O2S. The van der Waals surface area contributed by atoms with E-state index in [4.69, 9.17) is 16.7 Å². The van der Waals surface area contributed by atoms with Crippen molar-refractivity contribution in [2.24, 2.45) is 0 Å². The van der Waals surface area contributed by atoms with Gasteiger partial charge in [0.1, 0.15) is 0 Å². The maximum atomic E-state index is 11.9. The predicted octanol–water partition coefficient (Wildman–Crippen LogP) is 2.88. The lowest BCUT2D eigenvalue weighted by Crippen LogP contribution is -2.43. The fourth-order valence-corrected chi connectivity index (χ4v) is 2.51. The van der Waals surface area contributed by atoms with Crippen LogP contribution in [0, 0.1) is 6.92 Å². The summed E-state index contributed by atoms with van der Waals surface area (Å²) in [4.78, 5) is 11.9. The van der Waals surface area contributed by atoms with Crippen molar-refractivity contribution < 1.29 is 9.90 Å². The van der Waals surface area contributed by atoms with Crippen LogP contribution in [0.3, 0.4) is 0 Å². The molecule has 0 bridgehead atoms. The van der Waals surface area contributed by atoms with Gasteiger partial charge >= 0.3 is 6.03 Å². The number of carbonyl (C=O) groups excluding carboxylic acids is 1. The van der Waals surface area contributed by atoms with Crippen LogP contribution >= 0.6 is 23.4 Å². The zero-order valence-corrected chi connectivity index (χ0v) is 12.8. The van der Waals surface area contributed by atoms with Crippen molar-refractivity contribution >= 4 is 35.1 Å². The minimum atomic E-state index is -0.287. The number of aryl methyl sites for hydroxylation is 1. The van der Waals surface area contributed by atoms with Gasteiger partial charge < -0.3 is 15.7 Å². The van der Waals surface area contributed by atoms with Gasteiger partial charge in [-0.05, 0) is 43.9 Å². The fourth-order valence-electron chi connectivity index (χ4n) is 1.66. The molecule has 4 nitrogen and oxygen atoms in total. The van der Waals surface area contributed by atoms with E-state index in [1.165, 1.54) is 11.8 Å². The average molecular weight is 303 g/mol. The average Bonchev–Trinajstić information content (AvgIpc) is 2.34. The van der Waals surface area contributed by atoms with Crippen molar-refractivity contribution in [1.29, 1.82) is 0 Å². The van der Waals surface area contributed by atoms with Crippen LogP contribution in [0.2, 0.25) is 5.02 Å². The number of anilines is 1. The molecule has 2 amide bonds. The standard InChI is InChI=1S/C13H19ClN2O2S/c1-8-6-10(14)4-5-11(8)16-13(18)15-9(2)12(7-17)19-3/h4-6,9,12,17H,7H2,1-3H3,(H2,15,16,18). The summed E-state index contributed by atoms with van der Waals surface area (Å²) in [5, 5.41) is 15.4. The van der Waals surface area contributed by atoms with Gasteiger partial charge in [0.25, 0.3) is 0 Å². The molecule has 3 N–H and O–H groups in total. The Morgan fingerprint density at radius 1 is 1.53 bits per heavy atom. The Balaban J connectivity index is 2.60. The first-order chi connectivity index (χ1) is 8.97. The number of hydrogen-bond donors (Lipinski definition) is 3. The summed E-state index contributed by atoms with van der Waals surface area (Å²) in [6.07, 6.45) is 1.90. The topological polar surface area (TPSA) is 61.4 Å². The van der Waals surface area contributed by atoms with Crippen LogP contribution in [-0.2, 0) is 0 Å². The zero-order chi connectivity index (χ0) is 14.4. The summed E-state index contributed by atoms with van der Waals surface area (Å²) in [6, 6.07) is 4.88. The number of aliphatic hydroxyl groups excluding tert-OH is 1. The summed E-state index contributed by atoms with van der Waals surface area (Å²) in [5.41, 5.74) is 1.62. The smallest absolute Gasteiger partial charge is 0.319 e. The van der Waals surface area contributed by atoms with Crippen molar-refractivity contribution in [3.05, 3.63) is 28.8 Å². The van der Waals surface area contributed by atoms with Gasteiger partial charge in [-0.15, -0.1) is 0 Å². The van der Waals surface area contributed by atoms with Gasteiger partial charge in [0, 0.05) is 22.0 Å². The molecule has 0 spiro atoms. The normalized spacial score (nSPS) is 13.7. The molecule has 1 rings (SSSR count). The van der Waals surface area contributed by atoms with Crippen LogP contribution in [0.1, 0.15) is 12.5 Å². The highest BCUT2D eigenvalue weighted by Gasteiger charge is 2.17. The quantitative estimate of drug-likeness (QED) is 0.784. The molecule has 0 saturated carbocycles. The number of halogens is 1. The Hall–Kier alpha value is -0.910. The third-order valence-corrected chi connectivity index (χ3v) is 4.23.